The molecule has 1 fully saturated rings. The van der Waals surface area contributed by atoms with Crippen molar-refractivity contribution in [3.63, 3.8) is 0 Å². The monoisotopic (exact) mass is 535 g/mol. The summed E-state index contributed by atoms with van der Waals surface area (Å²) in [6.07, 6.45) is 6.51. The molecule has 0 bridgehead atoms. The lowest BCUT2D eigenvalue weighted by Gasteiger charge is -2.48. The number of sulfone groups is 1. The zero-order valence-electron chi connectivity index (χ0n) is 22.5. The Labute approximate surface area is 223 Å². The van der Waals surface area contributed by atoms with Crippen molar-refractivity contribution in [2.24, 2.45) is 5.92 Å². The molecule has 2 atom stereocenters. The maximum absolute atomic E-state index is 11.9. The molecule has 4 aromatic rings. The van der Waals surface area contributed by atoms with Gasteiger partial charge in [-0.2, -0.15) is 5.10 Å². The van der Waals surface area contributed by atoms with Crippen LogP contribution in [-0.4, -0.2) is 71.9 Å². The summed E-state index contributed by atoms with van der Waals surface area (Å²) >= 11 is 0. The van der Waals surface area contributed by atoms with Gasteiger partial charge in [-0.1, -0.05) is 13.8 Å². The molecule has 1 saturated heterocycles. The molecule has 0 radical (unpaired) electrons. The summed E-state index contributed by atoms with van der Waals surface area (Å²) in [5.41, 5.74) is 4.27. The van der Waals surface area contributed by atoms with Crippen LogP contribution in [0.25, 0.3) is 28.0 Å². The normalized spacial score (nSPS) is 17.6. The predicted octanol–water partition coefficient (Wildman–Crippen LogP) is 3.92. The van der Waals surface area contributed by atoms with Crippen molar-refractivity contribution >= 4 is 32.2 Å². The summed E-state index contributed by atoms with van der Waals surface area (Å²) in [6, 6.07) is 8.01. The summed E-state index contributed by atoms with van der Waals surface area (Å²) < 4.78 is 31.1. The topological polar surface area (TPSA) is 115 Å². The number of pyridine rings is 3. The number of hydrogen-bond acceptors (Lipinski definition) is 9. The number of nitrogens with one attached hydrogen (secondary N) is 1. The highest BCUT2D eigenvalue weighted by molar-refractivity contribution is 7.90. The molecular weight excluding hydrogens is 502 g/mol. The number of anilines is 2. The Bertz CT molecular complexity index is 1600. The second kappa shape index (κ2) is 9.86. The smallest absolute Gasteiger partial charge is 0.156 e. The number of aromatic nitrogens is 5. The maximum atomic E-state index is 11.9. The lowest BCUT2D eigenvalue weighted by molar-refractivity contribution is 0.341. The summed E-state index contributed by atoms with van der Waals surface area (Å²) in [5.74, 6) is 2.56. The molecule has 0 aliphatic carbocycles. The number of ether oxygens (including phenoxy) is 1. The third-order valence-corrected chi connectivity index (χ3v) is 8.19. The molecule has 0 unspecified atom stereocenters. The van der Waals surface area contributed by atoms with Gasteiger partial charge in [0.05, 0.1) is 41.2 Å². The van der Waals surface area contributed by atoms with Gasteiger partial charge >= 0.3 is 0 Å². The molecule has 1 aliphatic heterocycles. The summed E-state index contributed by atoms with van der Waals surface area (Å²) in [4.78, 5) is 16.3. The van der Waals surface area contributed by atoms with E-state index in [1.165, 1.54) is 6.26 Å². The molecule has 0 spiro atoms. The molecular formula is C27H33N7O3S. The van der Waals surface area contributed by atoms with Crippen molar-refractivity contribution < 1.29 is 13.2 Å². The van der Waals surface area contributed by atoms with Crippen LogP contribution in [0.1, 0.15) is 32.4 Å². The summed E-state index contributed by atoms with van der Waals surface area (Å²) in [5, 5.41) is 8.76. The lowest BCUT2D eigenvalue weighted by Crippen LogP contribution is -2.57. The molecule has 11 heteroatoms. The predicted molar refractivity (Wildman–Crippen MR) is 150 cm³/mol. The highest BCUT2D eigenvalue weighted by atomic mass is 32.2. The lowest BCUT2D eigenvalue weighted by atomic mass is 9.90. The Hall–Kier alpha value is -3.73. The van der Waals surface area contributed by atoms with Gasteiger partial charge in [-0.15, -0.1) is 0 Å². The summed E-state index contributed by atoms with van der Waals surface area (Å²) in [6.45, 7) is 6.99. The fraction of sp³-hybridized carbons (Fsp3) is 0.407. The average Bonchev–Trinajstić information content (AvgIpc) is 3.33. The van der Waals surface area contributed by atoms with E-state index in [2.05, 4.69) is 42.0 Å². The van der Waals surface area contributed by atoms with Gasteiger partial charge in [0, 0.05) is 61.6 Å². The van der Waals surface area contributed by atoms with Gasteiger partial charge < -0.3 is 15.0 Å². The van der Waals surface area contributed by atoms with Crippen LogP contribution in [0.5, 0.6) is 5.75 Å². The van der Waals surface area contributed by atoms with Crippen LogP contribution in [0.15, 0.2) is 42.9 Å². The van der Waals surface area contributed by atoms with Crippen molar-refractivity contribution in [1.82, 2.24) is 24.7 Å². The number of fused-ring (bicyclic) bond motifs is 1. The molecule has 200 valence electrons. The Morgan fingerprint density at radius 2 is 1.97 bits per heavy atom. The first-order valence-electron chi connectivity index (χ1n) is 12.6. The minimum atomic E-state index is -3.03. The second-order valence-corrected chi connectivity index (χ2v) is 12.4. The molecule has 0 aromatic carbocycles. The third kappa shape index (κ3) is 4.78. The Morgan fingerprint density at radius 3 is 2.63 bits per heavy atom. The van der Waals surface area contributed by atoms with Gasteiger partial charge in [-0.05, 0) is 31.0 Å². The molecule has 0 amide bonds. The molecule has 38 heavy (non-hydrogen) atoms. The van der Waals surface area contributed by atoms with Crippen LogP contribution in [0.4, 0.5) is 11.5 Å². The maximum Gasteiger partial charge on any atom is 0.156 e. The highest BCUT2D eigenvalue weighted by Gasteiger charge is 2.38. The largest absolute Gasteiger partial charge is 0.496 e. The van der Waals surface area contributed by atoms with Gasteiger partial charge in [0.1, 0.15) is 21.4 Å². The summed E-state index contributed by atoms with van der Waals surface area (Å²) in [7, 11) is 0.427. The standard InChI is InChI=1S/C27H33N7O3S/c1-16(2)22-9-19(33-14-18(17(33)3)15-38(6,35)36)10-26(31-22)34-24-11-23(20-12-29-8-7-25(20)37-5)32-27(28-4)21(24)13-30-34/h7-13,16-18H,14-15H2,1-6H3,(H,28,32)/t17-,18-/m1/s1. The number of nitrogens with zero attached hydrogens (tertiary/aromatic N) is 6. The van der Waals surface area contributed by atoms with Crippen LogP contribution in [0.2, 0.25) is 0 Å². The van der Waals surface area contributed by atoms with Gasteiger partial charge in [-0.25, -0.2) is 23.1 Å². The Balaban J connectivity index is 1.61. The van der Waals surface area contributed by atoms with E-state index in [1.807, 2.05) is 29.9 Å². The van der Waals surface area contributed by atoms with Crippen LogP contribution >= 0.6 is 0 Å². The van der Waals surface area contributed by atoms with E-state index >= 15 is 0 Å². The number of rotatable bonds is 8. The minimum absolute atomic E-state index is 0.107. The quantitative estimate of drug-likeness (QED) is 0.358. The van der Waals surface area contributed by atoms with E-state index < -0.39 is 9.84 Å². The van der Waals surface area contributed by atoms with E-state index in [0.29, 0.717) is 29.6 Å². The van der Waals surface area contributed by atoms with Gasteiger partial charge in [0.15, 0.2) is 5.82 Å². The average molecular weight is 536 g/mol. The number of hydrogen-bond donors (Lipinski definition) is 1. The van der Waals surface area contributed by atoms with Crippen LogP contribution in [-0.2, 0) is 9.84 Å². The zero-order chi connectivity index (χ0) is 27.2. The minimum Gasteiger partial charge on any atom is -0.496 e. The molecule has 10 nitrogen and oxygen atoms in total. The third-order valence-electron chi connectivity index (χ3n) is 7.16. The SMILES string of the molecule is CNc1nc(-c2cnccc2OC)cc2c1cnn2-c1cc(N2C[C@H](CS(C)(=O)=O)[C@H]2C)cc(C(C)C)n1. The van der Waals surface area contributed by atoms with E-state index in [0.717, 1.165) is 27.8 Å². The molecule has 1 aliphatic rings. The molecule has 0 saturated carbocycles. The highest BCUT2D eigenvalue weighted by Crippen LogP contribution is 2.36. The number of methoxy groups -OCH3 is 1. The zero-order valence-corrected chi connectivity index (χ0v) is 23.3. The van der Waals surface area contributed by atoms with Crippen LogP contribution in [0.3, 0.4) is 0 Å². The molecule has 1 N–H and O–H groups in total. The molecule has 4 aromatic heterocycles. The van der Waals surface area contributed by atoms with E-state index in [9.17, 15) is 8.42 Å². The van der Waals surface area contributed by atoms with Gasteiger partial charge in [0.25, 0.3) is 0 Å². The van der Waals surface area contributed by atoms with E-state index in [1.54, 1.807) is 25.7 Å². The second-order valence-electron chi connectivity index (χ2n) is 10.2. The van der Waals surface area contributed by atoms with Crippen molar-refractivity contribution in [1.29, 1.82) is 0 Å². The van der Waals surface area contributed by atoms with E-state index in [4.69, 9.17) is 19.8 Å². The van der Waals surface area contributed by atoms with Crippen LogP contribution < -0.4 is 15.0 Å². The van der Waals surface area contributed by atoms with E-state index in [-0.39, 0.29) is 23.6 Å². The first kappa shape index (κ1) is 25.9. The van der Waals surface area contributed by atoms with Gasteiger partial charge in [0.2, 0.25) is 0 Å². The fourth-order valence-corrected chi connectivity index (χ4v) is 6.15. The van der Waals surface area contributed by atoms with Crippen molar-refractivity contribution in [3.05, 3.63) is 48.5 Å². The molecule has 5 heterocycles. The van der Waals surface area contributed by atoms with Crippen molar-refractivity contribution in [2.75, 3.05) is 42.9 Å². The van der Waals surface area contributed by atoms with Crippen LogP contribution in [0, 0.1) is 5.92 Å². The van der Waals surface area contributed by atoms with Crippen molar-refractivity contribution in [2.45, 2.75) is 32.7 Å². The van der Waals surface area contributed by atoms with Gasteiger partial charge in [-0.3, -0.25) is 4.98 Å². The van der Waals surface area contributed by atoms with Crippen molar-refractivity contribution in [3.8, 4) is 22.8 Å². The molecule has 5 rings (SSSR count). The Kier molecular flexibility index (Phi) is 6.72. The first-order chi connectivity index (χ1) is 18.1. The fourth-order valence-electron chi connectivity index (χ4n) is 4.99. The first-order valence-corrected chi connectivity index (χ1v) is 14.7. The Morgan fingerprint density at radius 1 is 1.18 bits per heavy atom.